The molecule has 2 heterocycles. The van der Waals surface area contributed by atoms with Gasteiger partial charge in [-0.05, 0) is 30.3 Å². The predicted molar refractivity (Wildman–Crippen MR) is 97.8 cm³/mol. The number of esters is 1. The molecule has 0 aliphatic rings. The van der Waals surface area contributed by atoms with Gasteiger partial charge in [0.1, 0.15) is 17.1 Å². The van der Waals surface area contributed by atoms with Crippen molar-refractivity contribution in [3.05, 3.63) is 59.6 Å². The standard InChI is InChI=1S/C18H17N3O4S/c1-24-18(23)16-9-8-15(26-16)14-10-11-20(19-14)12-17(22)21(25-2)13-6-4-3-5-7-13/h3-11H,12H2,1-2H3. The number of aromatic nitrogens is 2. The van der Waals surface area contributed by atoms with Gasteiger partial charge >= 0.3 is 5.97 Å². The van der Waals surface area contributed by atoms with E-state index in [9.17, 15) is 9.59 Å². The zero-order valence-electron chi connectivity index (χ0n) is 14.3. The number of para-hydroxylation sites is 1. The lowest BCUT2D eigenvalue weighted by atomic mass is 10.3. The molecule has 1 amide bonds. The van der Waals surface area contributed by atoms with Gasteiger partial charge in [0.25, 0.3) is 5.91 Å². The number of thiophene rings is 1. The predicted octanol–water partition coefficient (Wildman–Crippen LogP) is 2.99. The number of benzene rings is 1. The molecule has 0 bridgehead atoms. The fraction of sp³-hybridized carbons (Fsp3) is 0.167. The van der Waals surface area contributed by atoms with Crippen molar-refractivity contribution in [3.63, 3.8) is 0 Å². The van der Waals surface area contributed by atoms with Crippen LogP contribution in [-0.4, -0.2) is 35.9 Å². The summed E-state index contributed by atoms with van der Waals surface area (Å²) in [5.74, 6) is -0.635. The van der Waals surface area contributed by atoms with Gasteiger partial charge < -0.3 is 4.74 Å². The molecule has 1 aromatic carbocycles. The number of methoxy groups -OCH3 is 1. The van der Waals surface area contributed by atoms with Gasteiger partial charge in [-0.1, -0.05) is 18.2 Å². The van der Waals surface area contributed by atoms with Crippen LogP contribution in [0.2, 0.25) is 0 Å². The molecule has 0 spiro atoms. The first-order valence-corrected chi connectivity index (χ1v) is 8.58. The maximum Gasteiger partial charge on any atom is 0.348 e. The molecule has 0 unspecified atom stereocenters. The van der Waals surface area contributed by atoms with Crippen LogP contribution in [0.3, 0.4) is 0 Å². The summed E-state index contributed by atoms with van der Waals surface area (Å²) in [5.41, 5.74) is 1.33. The number of hydrogen-bond donors (Lipinski definition) is 0. The van der Waals surface area contributed by atoms with Crippen LogP contribution in [0.1, 0.15) is 9.67 Å². The Morgan fingerprint density at radius 3 is 2.58 bits per heavy atom. The number of amides is 1. The Bertz CT molecular complexity index is 904. The lowest BCUT2D eigenvalue weighted by Gasteiger charge is -2.19. The molecular formula is C18H17N3O4S. The Kier molecular flexibility index (Phi) is 5.45. The highest BCUT2D eigenvalue weighted by molar-refractivity contribution is 7.17. The first-order chi connectivity index (χ1) is 12.6. The average molecular weight is 371 g/mol. The Balaban J connectivity index is 1.72. The van der Waals surface area contributed by atoms with Crippen molar-refractivity contribution in [2.24, 2.45) is 0 Å². The molecule has 8 heteroatoms. The highest BCUT2D eigenvalue weighted by Gasteiger charge is 2.17. The number of hydroxylamine groups is 1. The highest BCUT2D eigenvalue weighted by atomic mass is 32.1. The van der Waals surface area contributed by atoms with Crippen molar-refractivity contribution >= 4 is 28.9 Å². The SMILES string of the molecule is COC(=O)c1ccc(-c2ccn(CC(=O)N(OC)c3ccccc3)n2)s1. The third kappa shape index (κ3) is 3.81. The van der Waals surface area contributed by atoms with Crippen molar-refractivity contribution in [1.29, 1.82) is 0 Å². The summed E-state index contributed by atoms with van der Waals surface area (Å²) in [5, 5.41) is 5.63. The van der Waals surface area contributed by atoms with Crippen LogP contribution in [0.25, 0.3) is 10.6 Å². The van der Waals surface area contributed by atoms with Crippen molar-refractivity contribution < 1.29 is 19.2 Å². The molecule has 2 aromatic heterocycles. The summed E-state index contributed by atoms with van der Waals surface area (Å²) in [4.78, 5) is 30.6. The number of carbonyl (C=O) groups is 2. The van der Waals surface area contributed by atoms with E-state index in [1.807, 2.05) is 18.2 Å². The van der Waals surface area contributed by atoms with Gasteiger partial charge in [-0.2, -0.15) is 10.2 Å². The fourth-order valence-corrected chi connectivity index (χ4v) is 3.27. The van der Waals surface area contributed by atoms with E-state index in [2.05, 4.69) is 5.10 Å². The van der Waals surface area contributed by atoms with Gasteiger partial charge in [0.15, 0.2) is 0 Å². The first kappa shape index (κ1) is 17.8. The highest BCUT2D eigenvalue weighted by Crippen LogP contribution is 2.27. The van der Waals surface area contributed by atoms with Crippen molar-refractivity contribution in [1.82, 2.24) is 9.78 Å². The topological polar surface area (TPSA) is 73.7 Å². The number of rotatable bonds is 6. The Morgan fingerprint density at radius 2 is 1.88 bits per heavy atom. The monoisotopic (exact) mass is 371 g/mol. The minimum Gasteiger partial charge on any atom is -0.465 e. The molecule has 0 N–H and O–H groups in total. The number of ether oxygens (including phenoxy) is 1. The summed E-state index contributed by atoms with van der Waals surface area (Å²) in [6, 6.07) is 14.4. The van der Waals surface area contributed by atoms with Gasteiger partial charge in [-0.15, -0.1) is 11.3 Å². The van der Waals surface area contributed by atoms with E-state index in [1.165, 1.54) is 35.3 Å². The molecule has 0 atom stereocenters. The van der Waals surface area contributed by atoms with E-state index in [-0.39, 0.29) is 18.4 Å². The minimum atomic E-state index is -0.380. The summed E-state index contributed by atoms with van der Waals surface area (Å²) in [6.07, 6.45) is 1.71. The van der Waals surface area contributed by atoms with Crippen LogP contribution in [0.4, 0.5) is 5.69 Å². The second-order valence-electron chi connectivity index (χ2n) is 5.26. The molecular weight excluding hydrogens is 354 g/mol. The van der Waals surface area contributed by atoms with Gasteiger partial charge in [0.2, 0.25) is 0 Å². The maximum atomic E-state index is 12.5. The van der Waals surface area contributed by atoms with Crippen LogP contribution < -0.4 is 5.06 Å². The molecule has 3 aromatic rings. The molecule has 0 aliphatic heterocycles. The van der Waals surface area contributed by atoms with Crippen LogP contribution >= 0.6 is 11.3 Å². The zero-order chi connectivity index (χ0) is 18.5. The van der Waals surface area contributed by atoms with E-state index in [1.54, 1.807) is 36.5 Å². The molecule has 0 saturated carbocycles. The number of carbonyl (C=O) groups excluding carboxylic acids is 2. The number of nitrogens with zero attached hydrogens (tertiary/aromatic N) is 3. The van der Waals surface area contributed by atoms with E-state index in [0.29, 0.717) is 16.3 Å². The Labute approximate surface area is 154 Å². The molecule has 134 valence electrons. The summed E-state index contributed by atoms with van der Waals surface area (Å²) >= 11 is 1.29. The first-order valence-electron chi connectivity index (χ1n) is 7.76. The van der Waals surface area contributed by atoms with Crippen molar-refractivity contribution in [2.75, 3.05) is 19.3 Å². The normalized spacial score (nSPS) is 10.5. The minimum absolute atomic E-state index is 0.0258. The molecule has 0 aliphatic carbocycles. The lowest BCUT2D eigenvalue weighted by molar-refractivity contribution is -0.125. The van der Waals surface area contributed by atoms with E-state index in [0.717, 1.165) is 4.88 Å². The van der Waals surface area contributed by atoms with Crippen molar-refractivity contribution in [2.45, 2.75) is 6.54 Å². The van der Waals surface area contributed by atoms with E-state index >= 15 is 0 Å². The quantitative estimate of drug-likeness (QED) is 0.492. The second-order valence-corrected chi connectivity index (χ2v) is 6.34. The number of hydrogen-bond acceptors (Lipinski definition) is 6. The summed E-state index contributed by atoms with van der Waals surface area (Å²) in [6.45, 7) is 0.0258. The van der Waals surface area contributed by atoms with Gasteiger partial charge in [0, 0.05) is 6.20 Å². The summed E-state index contributed by atoms with van der Waals surface area (Å²) in [7, 11) is 2.79. The summed E-state index contributed by atoms with van der Waals surface area (Å²) < 4.78 is 6.24. The number of anilines is 1. The van der Waals surface area contributed by atoms with E-state index < -0.39 is 0 Å². The molecule has 26 heavy (non-hydrogen) atoms. The maximum absolute atomic E-state index is 12.5. The third-order valence-electron chi connectivity index (χ3n) is 3.58. The Hall–Kier alpha value is -2.97. The third-order valence-corrected chi connectivity index (χ3v) is 4.67. The van der Waals surface area contributed by atoms with Crippen LogP contribution in [-0.2, 0) is 20.9 Å². The molecule has 0 saturated heterocycles. The fourth-order valence-electron chi connectivity index (χ4n) is 2.38. The van der Waals surface area contributed by atoms with Crippen LogP contribution in [0.5, 0.6) is 0 Å². The van der Waals surface area contributed by atoms with Crippen LogP contribution in [0, 0.1) is 0 Å². The average Bonchev–Trinajstić information content (AvgIpc) is 3.32. The molecule has 0 radical (unpaired) electrons. The molecule has 3 rings (SSSR count). The van der Waals surface area contributed by atoms with Crippen LogP contribution in [0.15, 0.2) is 54.7 Å². The second kappa shape index (κ2) is 7.94. The zero-order valence-corrected chi connectivity index (χ0v) is 15.1. The van der Waals surface area contributed by atoms with Gasteiger partial charge in [-0.3, -0.25) is 14.3 Å². The smallest absolute Gasteiger partial charge is 0.348 e. The van der Waals surface area contributed by atoms with E-state index in [4.69, 9.17) is 9.57 Å². The molecule has 7 nitrogen and oxygen atoms in total. The van der Waals surface area contributed by atoms with Crippen molar-refractivity contribution in [3.8, 4) is 10.6 Å². The Morgan fingerprint density at radius 1 is 1.12 bits per heavy atom. The van der Waals surface area contributed by atoms with Gasteiger partial charge in [-0.25, -0.2) is 4.79 Å². The molecule has 0 fully saturated rings. The largest absolute Gasteiger partial charge is 0.465 e. The lowest BCUT2D eigenvalue weighted by Crippen LogP contribution is -2.33. The van der Waals surface area contributed by atoms with Gasteiger partial charge in [0.05, 0.1) is 24.8 Å².